The summed E-state index contributed by atoms with van der Waals surface area (Å²) in [5.74, 6) is 0.174. The second-order valence-electron chi connectivity index (χ2n) is 2.38. The van der Waals surface area contributed by atoms with E-state index >= 15 is 0 Å². The number of hydrogen-bond acceptors (Lipinski definition) is 2. The second kappa shape index (κ2) is 4.52. The van der Waals surface area contributed by atoms with Crippen molar-refractivity contribution in [3.8, 4) is 0 Å². The van der Waals surface area contributed by atoms with Crippen LogP contribution >= 0.6 is 12.4 Å². The Kier molecular flexibility index (Phi) is 4.40. The van der Waals surface area contributed by atoms with Gasteiger partial charge in [0.2, 0.25) is 5.91 Å². The van der Waals surface area contributed by atoms with E-state index in [0.29, 0.717) is 19.0 Å². The van der Waals surface area contributed by atoms with Crippen LogP contribution < -0.4 is 11.1 Å². The van der Waals surface area contributed by atoms with Crippen molar-refractivity contribution in [2.75, 3.05) is 6.54 Å². The number of amides is 1. The predicted octanol–water partition coefficient (Wildman–Crippen LogP) is 0.0356. The van der Waals surface area contributed by atoms with Crippen LogP contribution in [0.15, 0.2) is 0 Å². The highest BCUT2D eigenvalue weighted by molar-refractivity contribution is 5.85. The average molecular weight is 165 g/mol. The van der Waals surface area contributed by atoms with E-state index in [0.717, 1.165) is 12.8 Å². The third kappa shape index (κ3) is 2.54. The van der Waals surface area contributed by atoms with Crippen molar-refractivity contribution < 1.29 is 4.79 Å². The molecule has 1 atom stereocenters. The van der Waals surface area contributed by atoms with Crippen molar-refractivity contribution in [1.29, 1.82) is 0 Å². The van der Waals surface area contributed by atoms with Crippen LogP contribution in [0, 0.1) is 0 Å². The SMILES string of the molecule is Cl.NCC[C@@H]1CCC(=O)N1. The molecule has 1 fully saturated rings. The normalized spacial score (nSPS) is 23.7. The molecule has 0 unspecified atom stereocenters. The zero-order valence-electron chi connectivity index (χ0n) is 5.80. The molecule has 0 spiro atoms. The number of nitrogens with one attached hydrogen (secondary N) is 1. The van der Waals surface area contributed by atoms with Crippen molar-refractivity contribution in [3.05, 3.63) is 0 Å². The molecule has 1 heterocycles. The third-order valence-electron chi connectivity index (χ3n) is 1.60. The molecule has 3 nitrogen and oxygen atoms in total. The highest BCUT2D eigenvalue weighted by Crippen LogP contribution is 2.08. The Bertz CT molecular complexity index is 118. The fourth-order valence-electron chi connectivity index (χ4n) is 1.10. The summed E-state index contributed by atoms with van der Waals surface area (Å²) >= 11 is 0. The van der Waals surface area contributed by atoms with Gasteiger partial charge in [-0.15, -0.1) is 12.4 Å². The Morgan fingerprint density at radius 1 is 1.70 bits per heavy atom. The van der Waals surface area contributed by atoms with Gasteiger partial charge in [-0.1, -0.05) is 0 Å². The van der Waals surface area contributed by atoms with E-state index < -0.39 is 0 Å². The van der Waals surface area contributed by atoms with Crippen molar-refractivity contribution >= 4 is 18.3 Å². The average Bonchev–Trinajstić information content (AvgIpc) is 2.17. The van der Waals surface area contributed by atoms with E-state index in [-0.39, 0.29) is 18.3 Å². The molecule has 1 saturated heterocycles. The number of nitrogens with two attached hydrogens (primary N) is 1. The Morgan fingerprint density at radius 2 is 2.40 bits per heavy atom. The second-order valence-corrected chi connectivity index (χ2v) is 2.38. The van der Waals surface area contributed by atoms with Crippen LogP contribution in [0.1, 0.15) is 19.3 Å². The molecule has 1 aliphatic heterocycles. The first kappa shape index (κ1) is 9.72. The Hall–Kier alpha value is -0.280. The fraction of sp³-hybridized carbons (Fsp3) is 0.833. The zero-order chi connectivity index (χ0) is 6.69. The lowest BCUT2D eigenvalue weighted by molar-refractivity contribution is -0.119. The summed E-state index contributed by atoms with van der Waals surface area (Å²) in [7, 11) is 0. The lowest BCUT2D eigenvalue weighted by Gasteiger charge is -2.05. The molecule has 10 heavy (non-hydrogen) atoms. The summed E-state index contributed by atoms with van der Waals surface area (Å²) in [6, 6.07) is 0.363. The van der Waals surface area contributed by atoms with Crippen LogP contribution in [0.4, 0.5) is 0 Å². The number of hydrogen-bond donors (Lipinski definition) is 2. The summed E-state index contributed by atoms with van der Waals surface area (Å²) in [5.41, 5.74) is 5.30. The van der Waals surface area contributed by atoms with E-state index in [9.17, 15) is 4.79 Å². The van der Waals surface area contributed by atoms with Gasteiger partial charge in [-0.25, -0.2) is 0 Å². The molecular weight excluding hydrogens is 152 g/mol. The van der Waals surface area contributed by atoms with E-state index in [1.165, 1.54) is 0 Å². The van der Waals surface area contributed by atoms with Crippen LogP contribution in [-0.2, 0) is 4.79 Å². The molecule has 0 bridgehead atoms. The first-order valence-corrected chi connectivity index (χ1v) is 3.32. The molecule has 3 N–H and O–H groups in total. The molecule has 1 amide bonds. The van der Waals surface area contributed by atoms with Crippen molar-refractivity contribution in [2.24, 2.45) is 5.73 Å². The Morgan fingerprint density at radius 3 is 2.80 bits per heavy atom. The maximum Gasteiger partial charge on any atom is 0.220 e. The minimum atomic E-state index is 0. The molecule has 0 aromatic rings. The van der Waals surface area contributed by atoms with Crippen LogP contribution in [0.2, 0.25) is 0 Å². The molecule has 0 radical (unpaired) electrons. The molecular formula is C6H13ClN2O. The fourth-order valence-corrected chi connectivity index (χ4v) is 1.10. The van der Waals surface area contributed by atoms with Gasteiger partial charge in [0, 0.05) is 12.5 Å². The van der Waals surface area contributed by atoms with Crippen molar-refractivity contribution in [2.45, 2.75) is 25.3 Å². The minimum absolute atomic E-state index is 0. The molecule has 0 aromatic carbocycles. The standard InChI is InChI=1S/C6H12N2O.ClH/c7-4-3-5-1-2-6(9)8-5;/h5H,1-4,7H2,(H,8,9);1H/t5-;/m0./s1. The molecule has 60 valence electrons. The molecule has 0 aromatic heterocycles. The highest BCUT2D eigenvalue weighted by Gasteiger charge is 2.18. The first-order valence-electron chi connectivity index (χ1n) is 3.32. The van der Waals surface area contributed by atoms with Crippen LogP contribution in [-0.4, -0.2) is 18.5 Å². The maximum absolute atomic E-state index is 10.6. The smallest absolute Gasteiger partial charge is 0.220 e. The van der Waals surface area contributed by atoms with Crippen LogP contribution in [0.25, 0.3) is 0 Å². The molecule has 0 saturated carbocycles. The van der Waals surface area contributed by atoms with E-state index in [4.69, 9.17) is 5.73 Å². The molecule has 4 heteroatoms. The first-order chi connectivity index (χ1) is 4.33. The summed E-state index contributed by atoms with van der Waals surface area (Å²) < 4.78 is 0. The number of rotatable bonds is 2. The maximum atomic E-state index is 10.6. The van der Waals surface area contributed by atoms with Gasteiger partial charge in [-0.05, 0) is 19.4 Å². The number of carbonyl (C=O) groups excluding carboxylic acids is 1. The van der Waals surface area contributed by atoms with Gasteiger partial charge in [0.05, 0.1) is 0 Å². The van der Waals surface area contributed by atoms with Gasteiger partial charge in [0.15, 0.2) is 0 Å². The quantitative estimate of drug-likeness (QED) is 0.606. The summed E-state index contributed by atoms with van der Waals surface area (Å²) in [5, 5.41) is 2.84. The lowest BCUT2D eigenvalue weighted by Crippen LogP contribution is -2.27. The van der Waals surface area contributed by atoms with Crippen molar-refractivity contribution in [3.63, 3.8) is 0 Å². The minimum Gasteiger partial charge on any atom is -0.353 e. The van der Waals surface area contributed by atoms with Crippen molar-refractivity contribution in [1.82, 2.24) is 5.32 Å². The Balaban J connectivity index is 0.000000810. The van der Waals surface area contributed by atoms with Gasteiger partial charge in [-0.2, -0.15) is 0 Å². The highest BCUT2D eigenvalue weighted by atomic mass is 35.5. The van der Waals surface area contributed by atoms with Gasteiger partial charge >= 0.3 is 0 Å². The molecule has 1 rings (SSSR count). The predicted molar refractivity (Wildman–Crippen MR) is 42.1 cm³/mol. The van der Waals surface area contributed by atoms with Gasteiger partial charge in [0.1, 0.15) is 0 Å². The summed E-state index contributed by atoms with van der Waals surface area (Å²) in [6.07, 6.45) is 2.58. The number of carbonyl (C=O) groups is 1. The molecule has 1 aliphatic rings. The molecule has 0 aliphatic carbocycles. The van der Waals surface area contributed by atoms with Crippen LogP contribution in [0.5, 0.6) is 0 Å². The van der Waals surface area contributed by atoms with Gasteiger partial charge in [0.25, 0.3) is 0 Å². The monoisotopic (exact) mass is 164 g/mol. The lowest BCUT2D eigenvalue weighted by atomic mass is 10.2. The van der Waals surface area contributed by atoms with E-state index in [1.807, 2.05) is 0 Å². The topological polar surface area (TPSA) is 55.1 Å². The summed E-state index contributed by atoms with van der Waals surface area (Å²) in [6.45, 7) is 0.672. The van der Waals surface area contributed by atoms with Gasteiger partial charge < -0.3 is 11.1 Å². The Labute approximate surface area is 66.8 Å². The van der Waals surface area contributed by atoms with Crippen LogP contribution in [0.3, 0.4) is 0 Å². The van der Waals surface area contributed by atoms with E-state index in [1.54, 1.807) is 0 Å². The largest absolute Gasteiger partial charge is 0.353 e. The van der Waals surface area contributed by atoms with Gasteiger partial charge in [-0.3, -0.25) is 4.79 Å². The zero-order valence-corrected chi connectivity index (χ0v) is 6.62. The summed E-state index contributed by atoms with van der Waals surface area (Å²) in [4.78, 5) is 10.6. The number of halogens is 1. The third-order valence-corrected chi connectivity index (χ3v) is 1.60. The van der Waals surface area contributed by atoms with E-state index in [2.05, 4.69) is 5.32 Å².